The van der Waals surface area contributed by atoms with Gasteiger partial charge in [-0.15, -0.1) is 0 Å². The van der Waals surface area contributed by atoms with Gasteiger partial charge in [0.2, 0.25) is 21.8 Å². The zero-order valence-electron chi connectivity index (χ0n) is 19.2. The number of hydrogen-bond donors (Lipinski definition) is 1. The molecule has 0 aliphatic heterocycles. The molecular formula is C23H28BrF2N3O4S. The first-order valence-electron chi connectivity index (χ1n) is 10.7. The molecule has 0 aliphatic carbocycles. The van der Waals surface area contributed by atoms with Crippen molar-refractivity contribution in [3.63, 3.8) is 0 Å². The van der Waals surface area contributed by atoms with Gasteiger partial charge in [0.15, 0.2) is 11.6 Å². The number of nitrogens with one attached hydrogen (secondary N) is 1. The SMILES string of the molecule is CCCCNC(=O)[C@@H](C)N(Cc1cccc(Br)c1)C(=O)CN(c1ccc(F)c(F)c1)S(C)(=O)=O. The molecule has 1 N–H and O–H groups in total. The molecule has 34 heavy (non-hydrogen) atoms. The number of hydrogen-bond acceptors (Lipinski definition) is 4. The van der Waals surface area contributed by atoms with E-state index in [1.807, 2.05) is 13.0 Å². The molecule has 2 amide bonds. The van der Waals surface area contributed by atoms with Crippen molar-refractivity contribution in [3.05, 3.63) is 64.1 Å². The summed E-state index contributed by atoms with van der Waals surface area (Å²) in [5.41, 5.74) is 0.520. The van der Waals surface area contributed by atoms with Gasteiger partial charge >= 0.3 is 0 Å². The van der Waals surface area contributed by atoms with E-state index < -0.39 is 40.2 Å². The van der Waals surface area contributed by atoms with Crippen molar-refractivity contribution >= 4 is 43.5 Å². The highest BCUT2D eigenvalue weighted by atomic mass is 79.9. The molecule has 2 aromatic carbocycles. The molecule has 186 valence electrons. The van der Waals surface area contributed by atoms with Gasteiger partial charge in [-0.25, -0.2) is 17.2 Å². The summed E-state index contributed by atoms with van der Waals surface area (Å²) in [6.07, 6.45) is 2.52. The van der Waals surface area contributed by atoms with Crippen LogP contribution in [0.3, 0.4) is 0 Å². The third kappa shape index (κ3) is 7.76. The Bertz CT molecular complexity index is 1130. The van der Waals surface area contributed by atoms with E-state index in [1.54, 1.807) is 25.1 Å². The molecular weight excluding hydrogens is 532 g/mol. The molecule has 0 unspecified atom stereocenters. The van der Waals surface area contributed by atoms with Crippen molar-refractivity contribution in [1.82, 2.24) is 10.2 Å². The number of carbonyl (C=O) groups excluding carboxylic acids is 2. The van der Waals surface area contributed by atoms with Crippen LogP contribution in [0.15, 0.2) is 46.9 Å². The molecule has 7 nitrogen and oxygen atoms in total. The summed E-state index contributed by atoms with van der Waals surface area (Å²) in [5.74, 6) is -3.44. The van der Waals surface area contributed by atoms with Crippen molar-refractivity contribution in [2.45, 2.75) is 39.3 Å². The third-order valence-corrected chi connectivity index (χ3v) is 6.74. The Labute approximate surface area is 207 Å². The van der Waals surface area contributed by atoms with Gasteiger partial charge in [0.05, 0.1) is 11.9 Å². The van der Waals surface area contributed by atoms with Crippen LogP contribution in [0.25, 0.3) is 0 Å². The van der Waals surface area contributed by atoms with Gasteiger partial charge < -0.3 is 10.2 Å². The molecule has 0 spiro atoms. The van der Waals surface area contributed by atoms with Crippen LogP contribution in [0.5, 0.6) is 0 Å². The molecule has 2 aromatic rings. The van der Waals surface area contributed by atoms with Gasteiger partial charge in [0.25, 0.3) is 0 Å². The summed E-state index contributed by atoms with van der Waals surface area (Å²) in [5, 5.41) is 2.78. The van der Waals surface area contributed by atoms with Gasteiger partial charge in [-0.05, 0) is 43.2 Å². The number of sulfonamides is 1. The van der Waals surface area contributed by atoms with Crippen molar-refractivity contribution in [1.29, 1.82) is 0 Å². The monoisotopic (exact) mass is 559 g/mol. The predicted octanol–water partition coefficient (Wildman–Crippen LogP) is 3.83. The van der Waals surface area contributed by atoms with Gasteiger partial charge in [-0.1, -0.05) is 41.4 Å². The lowest BCUT2D eigenvalue weighted by molar-refractivity contribution is -0.139. The maximum Gasteiger partial charge on any atom is 0.244 e. The molecule has 1 atom stereocenters. The Morgan fingerprint density at radius 2 is 1.82 bits per heavy atom. The van der Waals surface area contributed by atoms with E-state index in [0.717, 1.165) is 41.3 Å². The van der Waals surface area contributed by atoms with Crippen LogP contribution in [0.1, 0.15) is 32.3 Å². The van der Waals surface area contributed by atoms with Gasteiger partial charge in [0.1, 0.15) is 12.6 Å². The predicted molar refractivity (Wildman–Crippen MR) is 131 cm³/mol. The van der Waals surface area contributed by atoms with Crippen molar-refractivity contribution in [3.8, 4) is 0 Å². The van der Waals surface area contributed by atoms with Crippen LogP contribution in [0.4, 0.5) is 14.5 Å². The summed E-state index contributed by atoms with van der Waals surface area (Å²) < 4.78 is 53.5. The van der Waals surface area contributed by atoms with Crippen LogP contribution in [-0.2, 0) is 26.2 Å². The standard InChI is InChI=1S/C23H28BrF2N3O4S/c1-4-5-11-27-23(31)16(2)28(14-17-7-6-8-18(24)12-17)22(30)15-29(34(3,32)33)19-9-10-20(25)21(26)13-19/h6-10,12-13,16H,4-5,11,14-15H2,1-3H3,(H,27,31)/t16-/m1/s1. The minimum absolute atomic E-state index is 0.0377. The second kappa shape index (κ2) is 12.3. The number of rotatable bonds is 11. The molecule has 0 bridgehead atoms. The zero-order valence-corrected chi connectivity index (χ0v) is 21.6. The second-order valence-corrected chi connectivity index (χ2v) is 10.7. The zero-order chi connectivity index (χ0) is 25.5. The smallest absolute Gasteiger partial charge is 0.244 e. The number of nitrogens with zero attached hydrogens (tertiary/aromatic N) is 2. The summed E-state index contributed by atoms with van der Waals surface area (Å²) in [6.45, 7) is 3.33. The Morgan fingerprint density at radius 3 is 2.41 bits per heavy atom. The van der Waals surface area contributed by atoms with Gasteiger partial charge in [0, 0.05) is 23.6 Å². The van der Waals surface area contributed by atoms with Crippen LogP contribution in [0, 0.1) is 11.6 Å². The number of amides is 2. The van der Waals surface area contributed by atoms with E-state index in [0.29, 0.717) is 16.9 Å². The topological polar surface area (TPSA) is 86.8 Å². The first-order valence-corrected chi connectivity index (χ1v) is 13.3. The molecule has 2 rings (SSSR count). The molecule has 0 fully saturated rings. The highest BCUT2D eigenvalue weighted by Crippen LogP contribution is 2.22. The molecule has 0 saturated heterocycles. The maximum atomic E-state index is 13.8. The summed E-state index contributed by atoms with van der Waals surface area (Å²) in [6, 6.07) is 8.81. The van der Waals surface area contributed by atoms with Crippen molar-refractivity contribution in [2.75, 3.05) is 23.7 Å². The van der Waals surface area contributed by atoms with Crippen molar-refractivity contribution in [2.24, 2.45) is 0 Å². The van der Waals surface area contributed by atoms with Crippen LogP contribution in [-0.4, -0.2) is 50.5 Å². The largest absolute Gasteiger partial charge is 0.354 e. The summed E-state index contributed by atoms with van der Waals surface area (Å²) >= 11 is 3.37. The van der Waals surface area contributed by atoms with Crippen molar-refractivity contribution < 1.29 is 26.8 Å². The van der Waals surface area contributed by atoms with Gasteiger partial charge in [-0.3, -0.25) is 13.9 Å². The Morgan fingerprint density at radius 1 is 1.12 bits per heavy atom. The number of benzene rings is 2. The van der Waals surface area contributed by atoms with E-state index in [2.05, 4.69) is 21.2 Å². The summed E-state index contributed by atoms with van der Waals surface area (Å²) in [4.78, 5) is 27.3. The van der Waals surface area contributed by atoms with Crippen LogP contribution >= 0.6 is 15.9 Å². The number of anilines is 1. The van der Waals surface area contributed by atoms with Crippen LogP contribution < -0.4 is 9.62 Å². The highest BCUT2D eigenvalue weighted by molar-refractivity contribution is 9.10. The average Bonchev–Trinajstić information content (AvgIpc) is 2.76. The fraction of sp³-hybridized carbons (Fsp3) is 0.391. The fourth-order valence-electron chi connectivity index (χ4n) is 3.20. The molecule has 11 heteroatoms. The molecule has 0 heterocycles. The Hall–Kier alpha value is -2.53. The van der Waals surface area contributed by atoms with E-state index >= 15 is 0 Å². The quantitative estimate of drug-likeness (QED) is 0.424. The van der Waals surface area contributed by atoms with E-state index in [4.69, 9.17) is 0 Å². The molecule has 0 radical (unpaired) electrons. The first-order chi connectivity index (χ1) is 15.9. The minimum Gasteiger partial charge on any atom is -0.354 e. The average molecular weight is 560 g/mol. The number of unbranched alkanes of at least 4 members (excludes halogenated alkanes) is 1. The number of carbonyl (C=O) groups is 2. The summed E-state index contributed by atoms with van der Waals surface area (Å²) in [7, 11) is -4.03. The highest BCUT2D eigenvalue weighted by Gasteiger charge is 2.30. The Balaban J connectivity index is 2.37. The lowest BCUT2D eigenvalue weighted by Gasteiger charge is -2.31. The van der Waals surface area contributed by atoms with E-state index in [1.165, 1.54) is 4.90 Å². The maximum absolute atomic E-state index is 13.8. The second-order valence-electron chi connectivity index (χ2n) is 7.84. The normalized spacial score (nSPS) is 12.2. The Kier molecular flexibility index (Phi) is 9.99. The van der Waals surface area contributed by atoms with Gasteiger partial charge in [-0.2, -0.15) is 0 Å². The molecule has 0 aromatic heterocycles. The third-order valence-electron chi connectivity index (χ3n) is 5.11. The molecule has 0 aliphatic rings. The molecule has 0 saturated carbocycles. The van der Waals surface area contributed by atoms with E-state index in [-0.39, 0.29) is 18.1 Å². The fourth-order valence-corrected chi connectivity index (χ4v) is 4.49. The van der Waals surface area contributed by atoms with E-state index in [9.17, 15) is 26.8 Å². The minimum atomic E-state index is -4.03. The lowest BCUT2D eigenvalue weighted by atomic mass is 10.1. The first kappa shape index (κ1) is 27.7. The lowest BCUT2D eigenvalue weighted by Crippen LogP contribution is -2.51. The van der Waals surface area contributed by atoms with Crippen LogP contribution in [0.2, 0.25) is 0 Å². The number of halogens is 3.